The minimum absolute atomic E-state index is 0.153. The Morgan fingerprint density at radius 3 is 2.45 bits per heavy atom. The van der Waals surface area contributed by atoms with Gasteiger partial charge in [0.2, 0.25) is 0 Å². The smallest absolute Gasteiger partial charge is 0.118 e. The Balaban J connectivity index is 1.82. The Morgan fingerprint density at radius 1 is 1.20 bits per heavy atom. The first-order valence-electron chi connectivity index (χ1n) is 7.33. The van der Waals surface area contributed by atoms with Crippen LogP contribution in [-0.4, -0.2) is 51.0 Å². The first-order chi connectivity index (χ1) is 9.76. The van der Waals surface area contributed by atoms with Gasteiger partial charge in [0.15, 0.2) is 0 Å². The monoisotopic (exact) mass is 282 g/mol. The van der Waals surface area contributed by atoms with Crippen LogP contribution in [-0.2, 0) is 22.6 Å². The molecule has 1 fully saturated rings. The van der Waals surface area contributed by atoms with Crippen LogP contribution in [0.25, 0.3) is 0 Å². The third kappa shape index (κ3) is 4.06. The number of methoxy groups -OCH3 is 2. The molecule has 0 aliphatic carbocycles. The highest BCUT2D eigenvalue weighted by Crippen LogP contribution is 2.19. The summed E-state index contributed by atoms with van der Waals surface area (Å²) in [6.45, 7) is 6.57. The minimum atomic E-state index is 0.153. The second-order valence-electron chi connectivity index (χ2n) is 5.29. The molecule has 1 saturated heterocycles. The van der Waals surface area contributed by atoms with Crippen molar-refractivity contribution in [3.8, 4) is 0 Å². The molecule has 1 aromatic rings. The highest BCUT2D eigenvalue weighted by Gasteiger charge is 2.33. The maximum absolute atomic E-state index is 5.84. The van der Waals surface area contributed by atoms with Crippen molar-refractivity contribution in [2.24, 2.45) is 0 Å². The summed E-state index contributed by atoms with van der Waals surface area (Å²) >= 11 is 0. The van der Waals surface area contributed by atoms with E-state index in [1.165, 1.54) is 0 Å². The molecule has 5 heteroatoms. The molecule has 2 heterocycles. The Morgan fingerprint density at radius 2 is 1.85 bits per heavy atom. The molecule has 2 unspecified atom stereocenters. The van der Waals surface area contributed by atoms with Gasteiger partial charge in [0, 0.05) is 27.3 Å². The van der Waals surface area contributed by atoms with Crippen molar-refractivity contribution in [1.29, 1.82) is 0 Å². The summed E-state index contributed by atoms with van der Waals surface area (Å²) in [5.41, 5.74) is 0. The maximum Gasteiger partial charge on any atom is 0.118 e. The summed E-state index contributed by atoms with van der Waals surface area (Å²) in [6.07, 6.45) is 1.44. The van der Waals surface area contributed by atoms with Gasteiger partial charge in [-0.15, -0.1) is 0 Å². The predicted octanol–water partition coefficient (Wildman–Crippen LogP) is 1.62. The summed E-state index contributed by atoms with van der Waals surface area (Å²) in [7, 11) is 3.48. The quantitative estimate of drug-likeness (QED) is 0.734. The summed E-state index contributed by atoms with van der Waals surface area (Å²) in [5.74, 6) is 2.00. The van der Waals surface area contributed by atoms with E-state index in [0.29, 0.717) is 0 Å². The van der Waals surface area contributed by atoms with Crippen LogP contribution in [0.2, 0.25) is 0 Å². The number of rotatable bonds is 8. The first kappa shape index (κ1) is 15.5. The first-order valence-corrected chi connectivity index (χ1v) is 7.33. The zero-order chi connectivity index (χ0) is 14.4. The normalized spacial score (nSPS) is 23.6. The average Bonchev–Trinajstić information content (AvgIpc) is 3.06. The summed E-state index contributed by atoms with van der Waals surface area (Å²) in [6, 6.07) is 4.11. The van der Waals surface area contributed by atoms with Crippen LogP contribution in [0, 0.1) is 0 Å². The standard InChI is InChI=1S/C15H26N2O3/c1-4-7-16-8-12-5-6-13(20-12)9-17-10-14(18-2)15(11-17)19-3/h5-6,14-16H,4,7-11H2,1-3H3. The van der Waals surface area contributed by atoms with E-state index in [0.717, 1.165) is 50.7 Å². The molecule has 1 aromatic heterocycles. The van der Waals surface area contributed by atoms with Crippen molar-refractivity contribution >= 4 is 0 Å². The number of furan rings is 1. The number of nitrogens with one attached hydrogen (secondary N) is 1. The second kappa shape index (κ2) is 7.78. The van der Waals surface area contributed by atoms with Gasteiger partial charge in [0.05, 0.1) is 25.3 Å². The van der Waals surface area contributed by atoms with Crippen LogP contribution in [0.3, 0.4) is 0 Å². The molecule has 20 heavy (non-hydrogen) atoms. The number of ether oxygens (including phenoxy) is 2. The van der Waals surface area contributed by atoms with Gasteiger partial charge < -0.3 is 19.2 Å². The van der Waals surface area contributed by atoms with Crippen LogP contribution in [0.15, 0.2) is 16.5 Å². The van der Waals surface area contributed by atoms with E-state index in [2.05, 4.69) is 29.3 Å². The highest BCUT2D eigenvalue weighted by molar-refractivity contribution is 5.07. The Hall–Kier alpha value is -0.880. The molecule has 0 radical (unpaired) electrons. The molecule has 5 nitrogen and oxygen atoms in total. The second-order valence-corrected chi connectivity index (χ2v) is 5.29. The van der Waals surface area contributed by atoms with Crippen LogP contribution in [0.5, 0.6) is 0 Å². The Labute approximate surface area is 121 Å². The van der Waals surface area contributed by atoms with Crippen LogP contribution in [0.1, 0.15) is 24.9 Å². The lowest BCUT2D eigenvalue weighted by molar-refractivity contribution is -0.00461. The molecule has 1 aliphatic rings. The molecule has 0 saturated carbocycles. The van der Waals surface area contributed by atoms with Gasteiger partial charge in [-0.2, -0.15) is 0 Å². The van der Waals surface area contributed by atoms with Crippen molar-refractivity contribution < 1.29 is 13.9 Å². The molecule has 0 aromatic carbocycles. The van der Waals surface area contributed by atoms with E-state index in [1.807, 2.05) is 0 Å². The highest BCUT2D eigenvalue weighted by atomic mass is 16.5. The van der Waals surface area contributed by atoms with Gasteiger partial charge in [-0.3, -0.25) is 4.90 Å². The molecular formula is C15H26N2O3. The molecule has 0 amide bonds. The molecule has 0 spiro atoms. The van der Waals surface area contributed by atoms with E-state index in [1.54, 1.807) is 14.2 Å². The number of hydrogen-bond donors (Lipinski definition) is 1. The summed E-state index contributed by atoms with van der Waals surface area (Å²) in [5, 5.41) is 3.34. The minimum Gasteiger partial charge on any atom is -0.463 e. The van der Waals surface area contributed by atoms with Crippen molar-refractivity contribution in [3.63, 3.8) is 0 Å². The van der Waals surface area contributed by atoms with E-state index >= 15 is 0 Å². The fourth-order valence-corrected chi connectivity index (χ4v) is 2.61. The Bertz CT molecular complexity index is 382. The fourth-order valence-electron chi connectivity index (χ4n) is 2.61. The van der Waals surface area contributed by atoms with Crippen molar-refractivity contribution in [1.82, 2.24) is 10.2 Å². The molecular weight excluding hydrogens is 256 g/mol. The van der Waals surface area contributed by atoms with Crippen molar-refractivity contribution in [2.45, 2.75) is 38.6 Å². The van der Waals surface area contributed by atoms with Gasteiger partial charge in [0.1, 0.15) is 11.5 Å². The van der Waals surface area contributed by atoms with E-state index < -0.39 is 0 Å². The van der Waals surface area contributed by atoms with E-state index in [9.17, 15) is 0 Å². The average molecular weight is 282 g/mol. The van der Waals surface area contributed by atoms with E-state index in [4.69, 9.17) is 13.9 Å². The third-order valence-corrected chi connectivity index (χ3v) is 3.72. The topological polar surface area (TPSA) is 46.9 Å². The number of hydrogen-bond acceptors (Lipinski definition) is 5. The van der Waals surface area contributed by atoms with Gasteiger partial charge in [-0.25, -0.2) is 0 Å². The largest absolute Gasteiger partial charge is 0.463 e. The molecule has 1 N–H and O–H groups in total. The lowest BCUT2D eigenvalue weighted by Gasteiger charge is -2.13. The number of nitrogens with zero attached hydrogens (tertiary/aromatic N) is 1. The van der Waals surface area contributed by atoms with Gasteiger partial charge in [0.25, 0.3) is 0 Å². The van der Waals surface area contributed by atoms with Gasteiger partial charge >= 0.3 is 0 Å². The van der Waals surface area contributed by atoms with Crippen molar-refractivity contribution in [3.05, 3.63) is 23.7 Å². The molecule has 1 aliphatic heterocycles. The lowest BCUT2D eigenvalue weighted by atomic mass is 10.3. The zero-order valence-electron chi connectivity index (χ0n) is 12.7. The third-order valence-electron chi connectivity index (χ3n) is 3.72. The predicted molar refractivity (Wildman–Crippen MR) is 77.6 cm³/mol. The molecule has 2 rings (SSSR count). The zero-order valence-corrected chi connectivity index (χ0v) is 12.7. The fraction of sp³-hybridized carbons (Fsp3) is 0.733. The van der Waals surface area contributed by atoms with Gasteiger partial charge in [-0.05, 0) is 25.1 Å². The summed E-state index contributed by atoms with van der Waals surface area (Å²) in [4.78, 5) is 2.31. The maximum atomic E-state index is 5.84. The Kier molecular flexibility index (Phi) is 6.04. The molecule has 2 atom stereocenters. The molecule has 114 valence electrons. The van der Waals surface area contributed by atoms with Crippen LogP contribution < -0.4 is 5.32 Å². The van der Waals surface area contributed by atoms with Crippen molar-refractivity contribution in [2.75, 3.05) is 33.9 Å². The summed E-state index contributed by atoms with van der Waals surface area (Å²) < 4.78 is 16.7. The lowest BCUT2D eigenvalue weighted by Crippen LogP contribution is -2.27. The van der Waals surface area contributed by atoms with Gasteiger partial charge in [-0.1, -0.05) is 6.92 Å². The SMILES string of the molecule is CCCNCc1ccc(CN2CC(OC)C(OC)C2)o1. The number of likely N-dealkylation sites (tertiary alicyclic amines) is 1. The van der Waals surface area contributed by atoms with Crippen LogP contribution >= 0.6 is 0 Å². The van der Waals surface area contributed by atoms with Crippen LogP contribution in [0.4, 0.5) is 0 Å². The van der Waals surface area contributed by atoms with E-state index in [-0.39, 0.29) is 12.2 Å². The molecule has 0 bridgehead atoms.